The van der Waals surface area contributed by atoms with E-state index in [4.69, 9.17) is 0 Å². The second kappa shape index (κ2) is 6.67. The summed E-state index contributed by atoms with van der Waals surface area (Å²) in [5.41, 5.74) is 0. The SMILES string of the molecule is O=C(NC1CCCC1)N[C@H]1CCN(C(=O)C2CCCC2)C1. The van der Waals surface area contributed by atoms with Crippen molar-refractivity contribution in [3.8, 4) is 0 Å². The molecule has 2 aliphatic carbocycles. The average molecular weight is 293 g/mol. The Kier molecular flexibility index (Phi) is 4.66. The fourth-order valence-electron chi connectivity index (χ4n) is 3.99. The van der Waals surface area contributed by atoms with Crippen LogP contribution in [0.3, 0.4) is 0 Å². The molecule has 1 atom stereocenters. The lowest BCUT2D eigenvalue weighted by Crippen LogP contribution is -2.47. The molecule has 2 saturated carbocycles. The first-order valence-electron chi connectivity index (χ1n) is 8.58. The van der Waals surface area contributed by atoms with Gasteiger partial charge in [-0.15, -0.1) is 0 Å². The molecule has 5 heteroatoms. The van der Waals surface area contributed by atoms with Gasteiger partial charge in [0.25, 0.3) is 0 Å². The normalized spacial score (nSPS) is 27.2. The van der Waals surface area contributed by atoms with Gasteiger partial charge in [-0.3, -0.25) is 4.79 Å². The summed E-state index contributed by atoms with van der Waals surface area (Å²) in [6, 6.07) is 0.418. The van der Waals surface area contributed by atoms with Gasteiger partial charge < -0.3 is 15.5 Å². The first kappa shape index (κ1) is 14.7. The van der Waals surface area contributed by atoms with E-state index in [2.05, 4.69) is 10.6 Å². The summed E-state index contributed by atoms with van der Waals surface area (Å²) in [5, 5.41) is 6.09. The number of amides is 3. The molecule has 0 aromatic heterocycles. The Balaban J connectivity index is 1.41. The van der Waals surface area contributed by atoms with Crippen LogP contribution in [0, 0.1) is 5.92 Å². The maximum Gasteiger partial charge on any atom is 0.315 e. The van der Waals surface area contributed by atoms with E-state index in [9.17, 15) is 9.59 Å². The van der Waals surface area contributed by atoms with Gasteiger partial charge in [-0.2, -0.15) is 0 Å². The van der Waals surface area contributed by atoms with Crippen LogP contribution in [0.1, 0.15) is 57.8 Å². The minimum absolute atomic E-state index is 0.0536. The number of nitrogens with one attached hydrogen (secondary N) is 2. The molecule has 1 aliphatic heterocycles. The van der Waals surface area contributed by atoms with E-state index in [1.165, 1.54) is 25.7 Å². The standard InChI is InChI=1S/C16H27N3O2/c20-15(12-5-1-2-6-12)19-10-9-14(11-19)18-16(21)17-13-7-3-4-8-13/h12-14H,1-11H2,(H2,17,18,21)/t14-/m0/s1. The van der Waals surface area contributed by atoms with E-state index in [-0.39, 0.29) is 18.0 Å². The summed E-state index contributed by atoms with van der Waals surface area (Å²) >= 11 is 0. The van der Waals surface area contributed by atoms with Crippen molar-refractivity contribution in [3.05, 3.63) is 0 Å². The smallest absolute Gasteiger partial charge is 0.315 e. The Morgan fingerprint density at radius 1 is 0.810 bits per heavy atom. The topological polar surface area (TPSA) is 61.4 Å². The van der Waals surface area contributed by atoms with E-state index in [1.54, 1.807) is 0 Å². The van der Waals surface area contributed by atoms with Crippen molar-refractivity contribution in [3.63, 3.8) is 0 Å². The van der Waals surface area contributed by atoms with E-state index in [1.807, 2.05) is 4.90 Å². The highest BCUT2D eigenvalue weighted by Gasteiger charge is 2.32. The fourth-order valence-corrected chi connectivity index (χ4v) is 3.99. The zero-order chi connectivity index (χ0) is 14.7. The lowest BCUT2D eigenvalue weighted by atomic mass is 10.1. The molecule has 21 heavy (non-hydrogen) atoms. The second-order valence-corrected chi connectivity index (χ2v) is 6.85. The molecule has 5 nitrogen and oxygen atoms in total. The van der Waals surface area contributed by atoms with Crippen LogP contribution < -0.4 is 10.6 Å². The minimum Gasteiger partial charge on any atom is -0.340 e. The summed E-state index contributed by atoms with van der Waals surface area (Å²) in [4.78, 5) is 26.3. The second-order valence-electron chi connectivity index (χ2n) is 6.85. The Morgan fingerprint density at radius 3 is 2.14 bits per heavy atom. The molecule has 3 aliphatic rings. The van der Waals surface area contributed by atoms with E-state index >= 15 is 0 Å². The summed E-state index contributed by atoms with van der Waals surface area (Å²) in [6.45, 7) is 1.48. The number of carbonyl (C=O) groups excluding carboxylic acids is 2. The summed E-state index contributed by atoms with van der Waals surface area (Å²) in [7, 11) is 0. The third-order valence-corrected chi connectivity index (χ3v) is 5.23. The molecule has 3 amide bonds. The highest BCUT2D eigenvalue weighted by atomic mass is 16.2. The largest absolute Gasteiger partial charge is 0.340 e. The first-order valence-corrected chi connectivity index (χ1v) is 8.58. The molecule has 0 radical (unpaired) electrons. The number of urea groups is 1. The lowest BCUT2D eigenvalue weighted by Gasteiger charge is -2.21. The molecule has 1 saturated heterocycles. The Labute approximate surface area is 126 Å². The maximum atomic E-state index is 12.4. The van der Waals surface area contributed by atoms with Crippen molar-refractivity contribution in [2.24, 2.45) is 5.92 Å². The quantitative estimate of drug-likeness (QED) is 0.836. The fraction of sp³-hybridized carbons (Fsp3) is 0.875. The maximum absolute atomic E-state index is 12.4. The van der Waals surface area contributed by atoms with Crippen LogP contribution in [0.2, 0.25) is 0 Å². The molecule has 0 aromatic carbocycles. The van der Waals surface area contributed by atoms with Gasteiger partial charge >= 0.3 is 6.03 Å². The van der Waals surface area contributed by atoms with Crippen LogP contribution in [-0.2, 0) is 4.79 Å². The zero-order valence-electron chi connectivity index (χ0n) is 12.8. The van der Waals surface area contributed by atoms with Crippen LogP contribution in [0.15, 0.2) is 0 Å². The summed E-state index contributed by atoms with van der Waals surface area (Å²) < 4.78 is 0. The summed E-state index contributed by atoms with van der Waals surface area (Å²) in [5.74, 6) is 0.559. The molecule has 1 heterocycles. The Bertz CT molecular complexity index is 387. The number of hydrogen-bond donors (Lipinski definition) is 2. The van der Waals surface area contributed by atoms with Crippen LogP contribution in [0.4, 0.5) is 4.79 Å². The van der Waals surface area contributed by atoms with Gasteiger partial charge in [0.2, 0.25) is 5.91 Å². The van der Waals surface area contributed by atoms with Gasteiger partial charge in [-0.05, 0) is 32.1 Å². The molecule has 2 N–H and O–H groups in total. The van der Waals surface area contributed by atoms with Crippen molar-refractivity contribution < 1.29 is 9.59 Å². The number of nitrogens with zero attached hydrogens (tertiary/aromatic N) is 1. The Hall–Kier alpha value is -1.26. The van der Waals surface area contributed by atoms with Gasteiger partial charge in [-0.1, -0.05) is 25.7 Å². The molecule has 3 rings (SSSR count). The molecule has 118 valence electrons. The molecule has 0 aromatic rings. The highest BCUT2D eigenvalue weighted by molar-refractivity contribution is 5.80. The molecule has 3 fully saturated rings. The van der Waals surface area contributed by atoms with Crippen LogP contribution >= 0.6 is 0 Å². The van der Waals surface area contributed by atoms with E-state index in [0.717, 1.165) is 38.6 Å². The zero-order valence-corrected chi connectivity index (χ0v) is 12.8. The third-order valence-electron chi connectivity index (χ3n) is 5.23. The molecule has 0 unspecified atom stereocenters. The van der Waals surface area contributed by atoms with Gasteiger partial charge in [0.1, 0.15) is 0 Å². The number of rotatable bonds is 3. The van der Waals surface area contributed by atoms with Crippen molar-refractivity contribution in [1.29, 1.82) is 0 Å². The molecular weight excluding hydrogens is 266 g/mol. The van der Waals surface area contributed by atoms with Crippen LogP contribution in [0.5, 0.6) is 0 Å². The van der Waals surface area contributed by atoms with Gasteiger partial charge in [0, 0.05) is 31.1 Å². The lowest BCUT2D eigenvalue weighted by molar-refractivity contribution is -0.134. The van der Waals surface area contributed by atoms with Gasteiger partial charge in [-0.25, -0.2) is 4.79 Å². The predicted molar refractivity (Wildman–Crippen MR) is 80.9 cm³/mol. The van der Waals surface area contributed by atoms with Crippen molar-refractivity contribution in [2.45, 2.75) is 69.9 Å². The first-order chi connectivity index (χ1) is 10.2. The molecular formula is C16H27N3O2. The van der Waals surface area contributed by atoms with Crippen molar-refractivity contribution in [2.75, 3.05) is 13.1 Å². The molecule has 0 bridgehead atoms. The van der Waals surface area contributed by atoms with Gasteiger partial charge in [0.05, 0.1) is 0 Å². The van der Waals surface area contributed by atoms with Gasteiger partial charge in [0.15, 0.2) is 0 Å². The highest BCUT2D eigenvalue weighted by Crippen LogP contribution is 2.27. The third kappa shape index (κ3) is 3.69. The summed E-state index contributed by atoms with van der Waals surface area (Å²) in [6.07, 6.45) is 10.0. The predicted octanol–water partition coefficient (Wildman–Crippen LogP) is 2.02. The number of hydrogen-bond acceptors (Lipinski definition) is 2. The monoisotopic (exact) mass is 293 g/mol. The van der Waals surface area contributed by atoms with Crippen molar-refractivity contribution >= 4 is 11.9 Å². The minimum atomic E-state index is -0.0536. The molecule has 0 spiro atoms. The van der Waals surface area contributed by atoms with E-state index < -0.39 is 0 Å². The van der Waals surface area contributed by atoms with Crippen molar-refractivity contribution in [1.82, 2.24) is 15.5 Å². The Morgan fingerprint density at radius 2 is 1.43 bits per heavy atom. The van der Waals surface area contributed by atoms with Crippen LogP contribution in [0.25, 0.3) is 0 Å². The van der Waals surface area contributed by atoms with E-state index in [0.29, 0.717) is 18.5 Å². The van der Waals surface area contributed by atoms with Crippen LogP contribution in [-0.4, -0.2) is 42.0 Å². The average Bonchev–Trinajstić information content (AvgIpc) is 3.20. The number of carbonyl (C=O) groups is 2. The number of likely N-dealkylation sites (tertiary alicyclic amines) is 1.